The summed E-state index contributed by atoms with van der Waals surface area (Å²) < 4.78 is 0.689. The molecule has 0 aliphatic heterocycles. The Kier molecular flexibility index (Phi) is 15.7. The summed E-state index contributed by atoms with van der Waals surface area (Å²) in [4.78, 5) is 0. The summed E-state index contributed by atoms with van der Waals surface area (Å²) in [6.07, 6.45) is 17.0. The molecule has 1 nitrogen and oxygen atoms in total. The zero-order valence-electron chi connectivity index (χ0n) is 12.6. The first-order chi connectivity index (χ1) is 8.77. The van der Waals surface area contributed by atoms with Gasteiger partial charge in [0.05, 0.1) is 0 Å². The van der Waals surface area contributed by atoms with Gasteiger partial charge < -0.3 is 0 Å². The molecule has 0 amide bonds. The molecule has 0 spiro atoms. The van der Waals surface area contributed by atoms with Gasteiger partial charge in [-0.2, -0.15) is 0 Å². The Balaban J connectivity index is 2.97. The van der Waals surface area contributed by atoms with Crippen LogP contribution >= 0.6 is 0 Å². The fraction of sp³-hybridized carbons (Fsp3) is 0.938. The van der Waals surface area contributed by atoms with Crippen molar-refractivity contribution in [3.63, 3.8) is 0 Å². The molecular formula is C16H34OSe. The van der Waals surface area contributed by atoms with Crippen LogP contribution in [0.1, 0.15) is 90.9 Å². The molecule has 2 heteroatoms. The quantitative estimate of drug-likeness (QED) is 0.371. The average molecular weight is 321 g/mol. The van der Waals surface area contributed by atoms with Crippen LogP contribution in [0.4, 0.5) is 0 Å². The van der Waals surface area contributed by atoms with Crippen molar-refractivity contribution < 1.29 is 5.11 Å². The molecule has 0 rings (SSSR count). The van der Waals surface area contributed by atoms with Gasteiger partial charge in [0.2, 0.25) is 0 Å². The van der Waals surface area contributed by atoms with E-state index in [0.29, 0.717) is 4.60 Å². The SMILES string of the molecule is CCCCCCCCCCCCCC[SeH]=C(C)O. The molecule has 0 saturated heterocycles. The topological polar surface area (TPSA) is 20.2 Å². The van der Waals surface area contributed by atoms with Crippen LogP contribution in [0.15, 0.2) is 0 Å². The van der Waals surface area contributed by atoms with E-state index in [4.69, 9.17) is 5.11 Å². The predicted molar refractivity (Wildman–Crippen MR) is 85.7 cm³/mol. The van der Waals surface area contributed by atoms with Crippen LogP contribution in [-0.4, -0.2) is 24.2 Å². The van der Waals surface area contributed by atoms with Crippen molar-refractivity contribution in [2.45, 2.75) is 96.2 Å². The molecule has 0 aliphatic rings. The maximum atomic E-state index is 9.09. The Labute approximate surface area is 120 Å². The van der Waals surface area contributed by atoms with Crippen LogP contribution < -0.4 is 0 Å². The fourth-order valence-corrected chi connectivity index (χ4v) is 3.67. The molecule has 1 N–H and O–H groups in total. The number of hydrogen-bond acceptors (Lipinski definition) is 1. The molecule has 0 atom stereocenters. The van der Waals surface area contributed by atoms with Gasteiger partial charge in [0.1, 0.15) is 0 Å². The van der Waals surface area contributed by atoms with Crippen molar-refractivity contribution in [1.82, 2.24) is 0 Å². The predicted octanol–water partition coefficient (Wildman–Crippen LogP) is 5.06. The van der Waals surface area contributed by atoms with E-state index in [0.717, 1.165) is 0 Å². The van der Waals surface area contributed by atoms with Crippen LogP contribution in [0.5, 0.6) is 0 Å². The van der Waals surface area contributed by atoms with Gasteiger partial charge in [-0.1, -0.05) is 13.3 Å². The third kappa shape index (κ3) is 16.3. The van der Waals surface area contributed by atoms with Gasteiger partial charge in [0, 0.05) is 0 Å². The summed E-state index contributed by atoms with van der Waals surface area (Å²) in [5, 5.41) is 10.3. The van der Waals surface area contributed by atoms with Gasteiger partial charge in [-0.3, -0.25) is 0 Å². The summed E-state index contributed by atoms with van der Waals surface area (Å²) in [5.41, 5.74) is 0. The summed E-state index contributed by atoms with van der Waals surface area (Å²) in [7, 11) is 0. The summed E-state index contributed by atoms with van der Waals surface area (Å²) in [6, 6.07) is 0. The van der Waals surface area contributed by atoms with Crippen molar-refractivity contribution in [2.24, 2.45) is 0 Å². The minimum atomic E-state index is 0.131. The fourth-order valence-electron chi connectivity index (χ4n) is 2.19. The second-order valence-electron chi connectivity index (χ2n) is 5.32. The molecule has 0 fully saturated rings. The molecule has 0 radical (unpaired) electrons. The van der Waals surface area contributed by atoms with Crippen molar-refractivity contribution in [2.75, 3.05) is 0 Å². The van der Waals surface area contributed by atoms with Gasteiger partial charge in [-0.05, 0) is 0 Å². The van der Waals surface area contributed by atoms with E-state index in [1.807, 2.05) is 6.92 Å². The van der Waals surface area contributed by atoms with E-state index in [9.17, 15) is 0 Å². The monoisotopic (exact) mass is 322 g/mol. The van der Waals surface area contributed by atoms with E-state index in [-0.39, 0.29) is 14.5 Å². The molecule has 18 heavy (non-hydrogen) atoms. The number of aliphatic hydroxyl groups is 1. The van der Waals surface area contributed by atoms with E-state index in [1.54, 1.807) is 0 Å². The number of aliphatic hydroxyl groups excluding tert-OH is 1. The Morgan fingerprint density at radius 2 is 1.11 bits per heavy atom. The molecule has 0 aliphatic carbocycles. The molecule has 0 heterocycles. The van der Waals surface area contributed by atoms with Crippen molar-refractivity contribution >= 4 is 19.1 Å². The molecule has 0 aromatic heterocycles. The van der Waals surface area contributed by atoms with Crippen LogP contribution in [0.2, 0.25) is 5.32 Å². The molecule has 0 unspecified atom stereocenters. The summed E-state index contributed by atoms with van der Waals surface area (Å²) in [6.45, 7) is 4.13. The Bertz CT molecular complexity index is 186. The van der Waals surface area contributed by atoms with E-state index in [2.05, 4.69) is 6.92 Å². The summed E-state index contributed by atoms with van der Waals surface area (Å²) in [5.74, 6) is 0. The van der Waals surface area contributed by atoms with Gasteiger partial charge >= 0.3 is 107 Å². The van der Waals surface area contributed by atoms with E-state index < -0.39 is 0 Å². The molecule has 0 aromatic carbocycles. The molecular weight excluding hydrogens is 287 g/mol. The number of hydrogen-bond donors (Lipinski definition) is 1. The molecule has 0 saturated carbocycles. The molecule has 0 aromatic rings. The van der Waals surface area contributed by atoms with Gasteiger partial charge in [0.25, 0.3) is 0 Å². The zero-order chi connectivity index (χ0) is 13.5. The third-order valence-electron chi connectivity index (χ3n) is 3.35. The van der Waals surface area contributed by atoms with Crippen LogP contribution in [0.25, 0.3) is 0 Å². The first-order valence-electron chi connectivity index (χ1n) is 7.97. The maximum absolute atomic E-state index is 9.09. The van der Waals surface area contributed by atoms with Crippen LogP contribution in [0.3, 0.4) is 0 Å². The normalized spacial score (nSPS) is 12.5. The third-order valence-corrected chi connectivity index (χ3v) is 5.45. The van der Waals surface area contributed by atoms with Crippen molar-refractivity contribution in [1.29, 1.82) is 0 Å². The van der Waals surface area contributed by atoms with Crippen molar-refractivity contribution in [3.05, 3.63) is 0 Å². The van der Waals surface area contributed by atoms with Gasteiger partial charge in [0.15, 0.2) is 0 Å². The van der Waals surface area contributed by atoms with E-state index >= 15 is 0 Å². The van der Waals surface area contributed by atoms with Crippen LogP contribution in [-0.2, 0) is 0 Å². The van der Waals surface area contributed by atoms with Crippen LogP contribution in [0, 0.1) is 0 Å². The summed E-state index contributed by atoms with van der Waals surface area (Å²) >= 11 is 0.131. The number of unbranched alkanes of at least 4 members (excludes halogenated alkanes) is 11. The minimum absolute atomic E-state index is 0.131. The van der Waals surface area contributed by atoms with E-state index in [1.165, 1.54) is 82.4 Å². The van der Waals surface area contributed by atoms with Gasteiger partial charge in [-0.25, -0.2) is 0 Å². The Morgan fingerprint density at radius 1 is 0.722 bits per heavy atom. The standard InChI is InChI=1S/C16H34OSe/c1-3-4-5-6-7-8-9-10-11-12-13-14-15-18-16(2)17/h17-18H,3-15H2,1-2H3. The Hall–Kier alpha value is 0.349. The number of rotatable bonds is 13. The zero-order valence-corrected chi connectivity index (χ0v) is 14.5. The first-order valence-corrected chi connectivity index (χ1v) is 10.2. The first kappa shape index (κ1) is 18.3. The second-order valence-corrected chi connectivity index (χ2v) is 8.28. The molecule has 0 bridgehead atoms. The van der Waals surface area contributed by atoms with Crippen molar-refractivity contribution in [3.8, 4) is 0 Å². The molecule has 110 valence electrons. The Morgan fingerprint density at radius 3 is 1.50 bits per heavy atom. The second kappa shape index (κ2) is 15.4. The average Bonchev–Trinajstić information content (AvgIpc) is 2.34. The van der Waals surface area contributed by atoms with Gasteiger partial charge in [-0.15, -0.1) is 0 Å².